The number of anilines is 1. The lowest BCUT2D eigenvalue weighted by Gasteiger charge is -2.22. The Hall–Kier alpha value is -2.15. The van der Waals surface area contributed by atoms with Crippen LogP contribution < -0.4 is 20.3 Å². The van der Waals surface area contributed by atoms with Crippen LogP contribution >= 0.6 is 11.6 Å². The normalized spacial score (nSPS) is 17.4. The first-order valence-corrected chi connectivity index (χ1v) is 8.58. The fourth-order valence-electron chi connectivity index (χ4n) is 2.71. The fourth-order valence-corrected chi connectivity index (χ4v) is 2.88. The number of benzene rings is 1. The summed E-state index contributed by atoms with van der Waals surface area (Å²) < 4.78 is 5.44. The lowest BCUT2D eigenvalue weighted by molar-refractivity contribution is -0.127. The van der Waals surface area contributed by atoms with Crippen molar-refractivity contribution in [3.8, 4) is 5.75 Å². The fraction of sp³-hybridized carbons (Fsp3) is 0.529. The molecule has 1 atom stereocenters. The molecule has 1 unspecified atom stereocenters. The molecule has 0 aliphatic carbocycles. The number of nitrogens with zero attached hydrogens (tertiary/aromatic N) is 3. The first-order chi connectivity index (χ1) is 11.9. The highest BCUT2D eigenvalue weighted by molar-refractivity contribution is 6.30. The highest BCUT2D eigenvalue weighted by Gasteiger charge is 2.25. The SMILES string of the molecule is CN=C(NCC(=O)N(C)C)NC1CCN(c2cc(Cl)ccc2OC)C1. The third-order valence-corrected chi connectivity index (χ3v) is 4.38. The minimum Gasteiger partial charge on any atom is -0.495 e. The minimum atomic E-state index is -0.000313. The number of hydrogen-bond acceptors (Lipinski definition) is 4. The van der Waals surface area contributed by atoms with E-state index in [4.69, 9.17) is 16.3 Å². The number of likely N-dealkylation sites (N-methyl/N-ethyl adjacent to an activating group) is 1. The van der Waals surface area contributed by atoms with E-state index in [1.165, 1.54) is 0 Å². The molecular formula is C17H26ClN5O2. The minimum absolute atomic E-state index is 0.000313. The van der Waals surface area contributed by atoms with Gasteiger partial charge in [-0.25, -0.2) is 0 Å². The number of hydrogen-bond donors (Lipinski definition) is 2. The molecule has 0 radical (unpaired) electrons. The molecule has 1 heterocycles. The van der Waals surface area contributed by atoms with Crippen molar-refractivity contribution in [2.75, 3.05) is 52.8 Å². The average molecular weight is 368 g/mol. The highest BCUT2D eigenvalue weighted by Crippen LogP contribution is 2.33. The lowest BCUT2D eigenvalue weighted by atomic mass is 10.2. The van der Waals surface area contributed by atoms with Crippen LogP contribution in [0.1, 0.15) is 6.42 Å². The molecule has 1 fully saturated rings. The summed E-state index contributed by atoms with van der Waals surface area (Å²) in [7, 11) is 6.81. The number of methoxy groups -OCH3 is 1. The van der Waals surface area contributed by atoms with E-state index in [0.717, 1.165) is 30.9 Å². The summed E-state index contributed by atoms with van der Waals surface area (Å²) in [6.07, 6.45) is 0.956. The Morgan fingerprint density at radius 3 is 2.88 bits per heavy atom. The van der Waals surface area contributed by atoms with E-state index in [1.807, 2.05) is 18.2 Å². The second-order valence-corrected chi connectivity index (χ2v) is 6.54. The molecule has 1 amide bonds. The summed E-state index contributed by atoms with van der Waals surface area (Å²) >= 11 is 6.13. The van der Waals surface area contributed by atoms with Gasteiger partial charge in [-0.2, -0.15) is 0 Å². The molecule has 1 aliphatic heterocycles. The van der Waals surface area contributed by atoms with E-state index < -0.39 is 0 Å². The van der Waals surface area contributed by atoms with E-state index in [1.54, 1.807) is 33.2 Å². The van der Waals surface area contributed by atoms with Crippen LogP contribution in [0.15, 0.2) is 23.2 Å². The van der Waals surface area contributed by atoms with Crippen LogP contribution in [-0.4, -0.2) is 70.7 Å². The van der Waals surface area contributed by atoms with Crippen molar-refractivity contribution in [3.05, 3.63) is 23.2 Å². The number of aliphatic imine (C=N–C) groups is 1. The topological polar surface area (TPSA) is 69.2 Å². The number of carbonyl (C=O) groups is 1. The summed E-state index contributed by atoms with van der Waals surface area (Å²) in [5.41, 5.74) is 0.991. The number of halogens is 1. The number of nitrogens with one attached hydrogen (secondary N) is 2. The van der Waals surface area contributed by atoms with Crippen LogP contribution in [0, 0.1) is 0 Å². The second-order valence-electron chi connectivity index (χ2n) is 6.11. The van der Waals surface area contributed by atoms with Gasteiger partial charge in [-0.3, -0.25) is 9.79 Å². The van der Waals surface area contributed by atoms with Gasteiger partial charge in [0.15, 0.2) is 5.96 Å². The Balaban J connectivity index is 1.94. The number of ether oxygens (including phenoxy) is 1. The molecule has 0 spiro atoms. The van der Waals surface area contributed by atoms with Gasteiger partial charge < -0.3 is 25.2 Å². The molecule has 1 saturated heterocycles. The van der Waals surface area contributed by atoms with Crippen LogP contribution in [0.3, 0.4) is 0 Å². The van der Waals surface area contributed by atoms with Gasteiger partial charge in [0.05, 0.1) is 19.3 Å². The maximum absolute atomic E-state index is 11.7. The number of amides is 1. The number of carbonyl (C=O) groups excluding carboxylic acids is 1. The van der Waals surface area contributed by atoms with Gasteiger partial charge in [-0.05, 0) is 24.6 Å². The molecule has 2 rings (SSSR count). The van der Waals surface area contributed by atoms with Gasteiger partial charge in [0.25, 0.3) is 0 Å². The van der Waals surface area contributed by atoms with E-state index in [-0.39, 0.29) is 18.5 Å². The van der Waals surface area contributed by atoms with Crippen molar-refractivity contribution in [2.24, 2.45) is 4.99 Å². The first kappa shape index (κ1) is 19.2. The lowest BCUT2D eigenvalue weighted by Crippen LogP contribution is -2.47. The zero-order valence-corrected chi connectivity index (χ0v) is 15.9. The summed E-state index contributed by atoms with van der Waals surface area (Å²) in [6, 6.07) is 5.85. The number of rotatable bonds is 5. The second kappa shape index (κ2) is 8.80. The van der Waals surface area contributed by atoms with Crippen LogP contribution in [0.2, 0.25) is 5.02 Å². The zero-order valence-electron chi connectivity index (χ0n) is 15.2. The maximum atomic E-state index is 11.7. The van der Waals surface area contributed by atoms with E-state index >= 15 is 0 Å². The van der Waals surface area contributed by atoms with Crippen LogP contribution in [-0.2, 0) is 4.79 Å². The molecule has 1 aromatic carbocycles. The van der Waals surface area contributed by atoms with Crippen molar-refractivity contribution in [1.29, 1.82) is 0 Å². The van der Waals surface area contributed by atoms with Crippen LogP contribution in [0.5, 0.6) is 5.75 Å². The summed E-state index contributed by atoms with van der Waals surface area (Å²) in [5, 5.41) is 7.10. The van der Waals surface area contributed by atoms with Crippen LogP contribution in [0.4, 0.5) is 5.69 Å². The van der Waals surface area contributed by atoms with Gasteiger partial charge >= 0.3 is 0 Å². The Kier molecular flexibility index (Phi) is 6.75. The Morgan fingerprint density at radius 1 is 1.48 bits per heavy atom. The summed E-state index contributed by atoms with van der Waals surface area (Å²) in [4.78, 5) is 19.7. The Labute approximate surface area is 154 Å². The van der Waals surface area contributed by atoms with Gasteiger partial charge in [0, 0.05) is 45.3 Å². The van der Waals surface area contributed by atoms with E-state index in [2.05, 4.69) is 20.5 Å². The zero-order chi connectivity index (χ0) is 18.4. The molecular weight excluding hydrogens is 342 g/mol. The van der Waals surface area contributed by atoms with E-state index in [9.17, 15) is 4.79 Å². The maximum Gasteiger partial charge on any atom is 0.241 e. The molecule has 138 valence electrons. The van der Waals surface area contributed by atoms with Crippen molar-refractivity contribution >= 4 is 29.2 Å². The van der Waals surface area contributed by atoms with Crippen molar-refractivity contribution in [1.82, 2.24) is 15.5 Å². The predicted octanol–water partition coefficient (Wildman–Crippen LogP) is 1.18. The predicted molar refractivity (Wildman–Crippen MR) is 102 cm³/mol. The molecule has 7 nitrogen and oxygen atoms in total. The monoisotopic (exact) mass is 367 g/mol. The summed E-state index contributed by atoms with van der Waals surface area (Å²) in [5.74, 6) is 1.43. The molecule has 1 aromatic rings. The molecule has 25 heavy (non-hydrogen) atoms. The smallest absolute Gasteiger partial charge is 0.241 e. The Morgan fingerprint density at radius 2 is 2.24 bits per heavy atom. The first-order valence-electron chi connectivity index (χ1n) is 8.20. The van der Waals surface area contributed by atoms with E-state index in [0.29, 0.717) is 11.0 Å². The summed E-state index contributed by atoms with van der Waals surface area (Å²) in [6.45, 7) is 1.91. The standard InChI is InChI=1S/C17H26ClN5O2/c1-19-17(20-10-16(24)22(2)3)21-13-7-8-23(11-13)14-9-12(18)5-6-15(14)25-4/h5-6,9,13H,7-8,10-11H2,1-4H3,(H2,19,20,21). The molecule has 0 aromatic heterocycles. The van der Waals surface area contributed by atoms with Gasteiger partial charge in [0.2, 0.25) is 5.91 Å². The van der Waals surface area contributed by atoms with Gasteiger partial charge in [-0.15, -0.1) is 0 Å². The van der Waals surface area contributed by atoms with Crippen molar-refractivity contribution in [2.45, 2.75) is 12.5 Å². The van der Waals surface area contributed by atoms with Gasteiger partial charge in [0.1, 0.15) is 5.75 Å². The third-order valence-electron chi connectivity index (χ3n) is 4.14. The van der Waals surface area contributed by atoms with Gasteiger partial charge in [-0.1, -0.05) is 11.6 Å². The van der Waals surface area contributed by atoms with Crippen molar-refractivity contribution < 1.29 is 9.53 Å². The molecule has 1 aliphatic rings. The van der Waals surface area contributed by atoms with Crippen LogP contribution in [0.25, 0.3) is 0 Å². The average Bonchev–Trinajstić information content (AvgIpc) is 3.06. The Bertz CT molecular complexity index is 635. The third kappa shape index (κ3) is 5.16. The largest absolute Gasteiger partial charge is 0.495 e. The molecule has 8 heteroatoms. The molecule has 0 saturated carbocycles. The van der Waals surface area contributed by atoms with Crippen molar-refractivity contribution in [3.63, 3.8) is 0 Å². The molecule has 0 bridgehead atoms. The quantitative estimate of drug-likeness (QED) is 0.604. The number of guanidine groups is 1. The molecule has 2 N–H and O–H groups in total. The highest BCUT2D eigenvalue weighted by atomic mass is 35.5.